The first-order chi connectivity index (χ1) is 13.3. The van der Waals surface area contributed by atoms with Gasteiger partial charge in [-0.25, -0.2) is 4.79 Å². The van der Waals surface area contributed by atoms with E-state index in [4.69, 9.17) is 0 Å². The van der Waals surface area contributed by atoms with Gasteiger partial charge in [-0.15, -0.1) is 0 Å². The molecule has 0 amide bonds. The minimum atomic E-state index is -0.606. The second-order valence-electron chi connectivity index (χ2n) is 7.33. The van der Waals surface area contributed by atoms with E-state index in [2.05, 4.69) is 9.97 Å². The van der Waals surface area contributed by atoms with Crippen molar-refractivity contribution in [2.24, 2.45) is 0 Å². The summed E-state index contributed by atoms with van der Waals surface area (Å²) in [5.41, 5.74) is 2.44. The van der Waals surface area contributed by atoms with Crippen LogP contribution in [0, 0.1) is 13.8 Å². The molecule has 0 saturated heterocycles. The number of benzene rings is 1. The molecule has 3 aromatic rings. The van der Waals surface area contributed by atoms with E-state index in [0.29, 0.717) is 11.1 Å². The molecule has 6 heteroatoms. The molecule has 0 fully saturated rings. The molecule has 144 valence electrons. The van der Waals surface area contributed by atoms with Crippen molar-refractivity contribution >= 4 is 5.78 Å². The number of aromatic amines is 1. The third kappa shape index (κ3) is 3.86. The average Bonchev–Trinajstić information content (AvgIpc) is 2.62. The molecule has 0 aliphatic carbocycles. The van der Waals surface area contributed by atoms with Crippen LogP contribution in [0.25, 0.3) is 0 Å². The lowest BCUT2D eigenvalue weighted by Gasteiger charge is -2.17. The highest BCUT2D eigenvalue weighted by Gasteiger charge is 2.24. The number of rotatable bonds is 5. The quantitative estimate of drug-likeness (QED) is 0.693. The fourth-order valence-electron chi connectivity index (χ4n) is 3.43. The van der Waals surface area contributed by atoms with Crippen molar-refractivity contribution in [1.29, 1.82) is 0 Å². The zero-order valence-electron chi connectivity index (χ0n) is 16.4. The van der Waals surface area contributed by atoms with E-state index in [1.807, 2.05) is 39.8 Å². The zero-order valence-corrected chi connectivity index (χ0v) is 16.4. The smallest absolute Gasteiger partial charge is 0.287 e. The summed E-state index contributed by atoms with van der Waals surface area (Å²) in [4.78, 5) is 45.1. The summed E-state index contributed by atoms with van der Waals surface area (Å²) in [6.45, 7) is 7.64. The van der Waals surface area contributed by atoms with Crippen LogP contribution in [0.2, 0.25) is 0 Å². The molecule has 0 saturated carbocycles. The number of pyridine rings is 1. The van der Waals surface area contributed by atoms with Crippen molar-refractivity contribution in [3.05, 3.63) is 97.1 Å². The van der Waals surface area contributed by atoms with Crippen LogP contribution in [0.15, 0.2) is 52.3 Å². The highest BCUT2D eigenvalue weighted by atomic mass is 16.2. The number of H-pyrrole nitrogens is 1. The first-order valence-corrected chi connectivity index (χ1v) is 9.17. The number of carbonyl (C=O) groups is 1. The van der Waals surface area contributed by atoms with Gasteiger partial charge in [0.15, 0.2) is 0 Å². The fraction of sp³-hybridized carbons (Fsp3) is 0.273. The minimum absolute atomic E-state index is 0.137. The van der Waals surface area contributed by atoms with Crippen molar-refractivity contribution in [3.8, 4) is 0 Å². The summed E-state index contributed by atoms with van der Waals surface area (Å²) < 4.78 is 1.34. The summed E-state index contributed by atoms with van der Waals surface area (Å²) >= 11 is 0. The molecule has 0 aliphatic rings. The van der Waals surface area contributed by atoms with Crippen molar-refractivity contribution in [1.82, 2.24) is 14.5 Å². The molecule has 0 atom stereocenters. The third-order valence-corrected chi connectivity index (χ3v) is 4.58. The van der Waals surface area contributed by atoms with Crippen LogP contribution in [0.4, 0.5) is 0 Å². The Hall–Kier alpha value is -3.28. The molecule has 6 nitrogen and oxygen atoms in total. The van der Waals surface area contributed by atoms with Gasteiger partial charge in [-0.1, -0.05) is 37.1 Å². The molecule has 0 radical (unpaired) electrons. The number of hydrogen-bond donors (Lipinski definition) is 1. The van der Waals surface area contributed by atoms with Gasteiger partial charge in [0.1, 0.15) is 5.69 Å². The molecular formula is C22H23N3O3. The van der Waals surface area contributed by atoms with E-state index in [9.17, 15) is 14.4 Å². The van der Waals surface area contributed by atoms with Crippen molar-refractivity contribution in [2.75, 3.05) is 0 Å². The number of aryl methyl sites for hydroxylation is 2. The standard InChI is InChI=1S/C22H23N3O3/c1-13(2)18-19(20(26)17-9-14(3)8-15(4)10-17)25(22(28)24-21(18)27)12-16-6-5-7-23-11-16/h5-11,13H,12H2,1-4H3,(H,24,27,28). The molecule has 28 heavy (non-hydrogen) atoms. The predicted molar refractivity (Wildman–Crippen MR) is 108 cm³/mol. The van der Waals surface area contributed by atoms with Crippen LogP contribution in [-0.2, 0) is 6.54 Å². The van der Waals surface area contributed by atoms with Gasteiger partial charge in [-0.2, -0.15) is 0 Å². The maximum absolute atomic E-state index is 13.5. The van der Waals surface area contributed by atoms with E-state index in [1.54, 1.807) is 30.6 Å². The average molecular weight is 377 g/mol. The van der Waals surface area contributed by atoms with Gasteiger partial charge in [0.25, 0.3) is 5.56 Å². The number of aromatic nitrogens is 3. The Balaban J connectivity index is 2.28. The second-order valence-corrected chi connectivity index (χ2v) is 7.33. The number of nitrogens with one attached hydrogen (secondary N) is 1. The van der Waals surface area contributed by atoms with E-state index in [1.165, 1.54) is 4.57 Å². The Labute approximate surface area is 162 Å². The molecule has 2 heterocycles. The van der Waals surface area contributed by atoms with Crippen LogP contribution in [0.3, 0.4) is 0 Å². The van der Waals surface area contributed by atoms with Gasteiger partial charge in [0.05, 0.1) is 6.54 Å². The van der Waals surface area contributed by atoms with E-state index >= 15 is 0 Å². The molecule has 0 spiro atoms. The van der Waals surface area contributed by atoms with Gasteiger partial charge in [-0.3, -0.25) is 24.1 Å². The van der Waals surface area contributed by atoms with Gasteiger partial charge >= 0.3 is 5.69 Å². The van der Waals surface area contributed by atoms with Crippen molar-refractivity contribution in [3.63, 3.8) is 0 Å². The highest BCUT2D eigenvalue weighted by molar-refractivity contribution is 6.09. The lowest BCUT2D eigenvalue weighted by Crippen LogP contribution is -2.38. The van der Waals surface area contributed by atoms with Gasteiger partial charge < -0.3 is 0 Å². The molecule has 0 bridgehead atoms. The number of nitrogens with zero attached hydrogens (tertiary/aromatic N) is 2. The maximum Gasteiger partial charge on any atom is 0.329 e. The minimum Gasteiger partial charge on any atom is -0.287 e. The van der Waals surface area contributed by atoms with E-state index in [-0.39, 0.29) is 23.9 Å². The van der Waals surface area contributed by atoms with E-state index in [0.717, 1.165) is 16.7 Å². The molecule has 1 N–H and O–H groups in total. The highest BCUT2D eigenvalue weighted by Crippen LogP contribution is 2.20. The van der Waals surface area contributed by atoms with Crippen LogP contribution in [-0.4, -0.2) is 20.3 Å². The Kier molecular flexibility index (Phi) is 5.40. The number of carbonyl (C=O) groups excluding carboxylic acids is 1. The summed E-state index contributed by atoms with van der Waals surface area (Å²) in [6.07, 6.45) is 3.28. The Morgan fingerprint density at radius 1 is 1.14 bits per heavy atom. The van der Waals surface area contributed by atoms with Crippen molar-refractivity contribution in [2.45, 2.75) is 40.2 Å². The lowest BCUT2D eigenvalue weighted by atomic mass is 9.95. The fourth-order valence-corrected chi connectivity index (χ4v) is 3.43. The number of hydrogen-bond acceptors (Lipinski definition) is 4. The van der Waals surface area contributed by atoms with Crippen molar-refractivity contribution < 1.29 is 4.79 Å². The maximum atomic E-state index is 13.5. The molecular weight excluding hydrogens is 354 g/mol. The molecule has 2 aromatic heterocycles. The summed E-state index contributed by atoms with van der Waals surface area (Å²) in [6, 6.07) is 9.12. The zero-order chi connectivity index (χ0) is 20.4. The van der Waals surface area contributed by atoms with Gasteiger partial charge in [0.2, 0.25) is 5.78 Å². The first-order valence-electron chi connectivity index (χ1n) is 9.17. The number of ketones is 1. The van der Waals surface area contributed by atoms with Crippen LogP contribution in [0.5, 0.6) is 0 Å². The molecule has 0 unspecified atom stereocenters. The van der Waals surface area contributed by atoms with Crippen LogP contribution in [0.1, 0.15) is 58.1 Å². The first kappa shape index (κ1) is 19.5. The molecule has 1 aromatic carbocycles. The third-order valence-electron chi connectivity index (χ3n) is 4.58. The molecule has 3 rings (SSSR count). The lowest BCUT2D eigenvalue weighted by molar-refractivity contribution is 0.102. The summed E-state index contributed by atoms with van der Waals surface area (Å²) in [5, 5.41) is 0. The molecule has 0 aliphatic heterocycles. The predicted octanol–water partition coefficient (Wildman–Crippen LogP) is 2.95. The van der Waals surface area contributed by atoms with Gasteiger partial charge in [0, 0.05) is 23.5 Å². The van der Waals surface area contributed by atoms with Crippen LogP contribution < -0.4 is 11.2 Å². The van der Waals surface area contributed by atoms with E-state index < -0.39 is 11.2 Å². The summed E-state index contributed by atoms with van der Waals surface area (Å²) in [5.74, 6) is -0.558. The van der Waals surface area contributed by atoms with Crippen LogP contribution >= 0.6 is 0 Å². The monoisotopic (exact) mass is 377 g/mol. The largest absolute Gasteiger partial charge is 0.329 e. The Morgan fingerprint density at radius 3 is 2.39 bits per heavy atom. The Morgan fingerprint density at radius 2 is 1.82 bits per heavy atom. The Bertz CT molecular complexity index is 1120. The SMILES string of the molecule is Cc1cc(C)cc(C(=O)c2c(C(C)C)c(=O)[nH]c(=O)n2Cc2cccnc2)c1. The second kappa shape index (κ2) is 7.76. The topological polar surface area (TPSA) is 84.8 Å². The normalized spacial score (nSPS) is 11.0. The summed E-state index contributed by atoms with van der Waals surface area (Å²) in [7, 11) is 0. The van der Waals surface area contributed by atoms with Gasteiger partial charge in [-0.05, 0) is 43.5 Å².